The van der Waals surface area contributed by atoms with E-state index in [4.69, 9.17) is 17.3 Å². The highest BCUT2D eigenvalue weighted by Crippen LogP contribution is 2.30. The van der Waals surface area contributed by atoms with Crippen LogP contribution in [0.2, 0.25) is 5.02 Å². The normalized spacial score (nSPS) is 9.72. The Morgan fingerprint density at radius 2 is 2.17 bits per heavy atom. The van der Waals surface area contributed by atoms with Gasteiger partial charge in [-0.05, 0) is 18.6 Å². The van der Waals surface area contributed by atoms with Crippen molar-refractivity contribution >= 4 is 41.3 Å². The molecule has 0 aliphatic rings. The number of rotatable bonds is 5. The van der Waals surface area contributed by atoms with Crippen molar-refractivity contribution in [3.05, 3.63) is 23.2 Å². The molecular weight excluding hydrogens is 273 g/mol. The molecule has 1 rings (SSSR count). The maximum atomic E-state index is 11.6. The Kier molecular flexibility index (Phi) is 7.75. The number of halogens is 2. The van der Waals surface area contributed by atoms with Crippen LogP contribution < -0.4 is 16.2 Å². The Labute approximate surface area is 119 Å². The Morgan fingerprint density at radius 3 is 2.67 bits per heavy atom. The predicted octanol–water partition coefficient (Wildman–Crippen LogP) is 3.00. The van der Waals surface area contributed by atoms with Crippen LogP contribution in [0.3, 0.4) is 0 Å². The topological polar surface area (TPSA) is 58.4 Å². The summed E-state index contributed by atoms with van der Waals surface area (Å²) in [5, 5.41) is 1.87. The quantitative estimate of drug-likeness (QED) is 0.498. The van der Waals surface area contributed by atoms with Gasteiger partial charge in [-0.3, -0.25) is 4.79 Å². The first-order valence-electron chi connectivity index (χ1n) is 5.66. The highest BCUT2D eigenvalue weighted by atomic mass is 35.5. The van der Waals surface area contributed by atoms with E-state index >= 15 is 0 Å². The molecule has 6 heteroatoms. The first-order chi connectivity index (χ1) is 8.07. The summed E-state index contributed by atoms with van der Waals surface area (Å²) in [5.41, 5.74) is 9.89. The number of para-hydroxylation sites is 1. The first-order valence-corrected chi connectivity index (χ1v) is 6.04. The molecule has 0 heterocycles. The van der Waals surface area contributed by atoms with Crippen LogP contribution in [0.15, 0.2) is 18.2 Å². The van der Waals surface area contributed by atoms with E-state index in [0.29, 0.717) is 22.9 Å². The molecular formula is C12H19Cl2N3O. The maximum absolute atomic E-state index is 11.6. The second kappa shape index (κ2) is 8.19. The molecule has 0 spiro atoms. The number of carbonyl (C=O) groups is 1. The van der Waals surface area contributed by atoms with Crippen LogP contribution >= 0.6 is 24.0 Å². The van der Waals surface area contributed by atoms with E-state index in [0.717, 1.165) is 12.8 Å². The third-order valence-electron chi connectivity index (χ3n) is 2.36. The van der Waals surface area contributed by atoms with E-state index in [1.165, 1.54) is 11.9 Å². The molecule has 1 aromatic rings. The summed E-state index contributed by atoms with van der Waals surface area (Å²) >= 11 is 6.07. The standard InChI is InChI=1S/C12H18ClN3O.ClH/c1-3-4-8-15-16(9(2)17)12-10(13)6-5-7-11(12)14;/h5-7,15H,3-4,8,14H2,1-2H3;1H. The van der Waals surface area contributed by atoms with Gasteiger partial charge < -0.3 is 5.73 Å². The van der Waals surface area contributed by atoms with Gasteiger partial charge in [0.15, 0.2) is 0 Å². The SMILES string of the molecule is CCCCNN(C(C)=O)c1c(N)cccc1Cl.Cl. The summed E-state index contributed by atoms with van der Waals surface area (Å²) < 4.78 is 0. The van der Waals surface area contributed by atoms with Gasteiger partial charge in [0.25, 0.3) is 0 Å². The Bertz CT molecular complexity index is 379. The van der Waals surface area contributed by atoms with Gasteiger partial charge in [0.1, 0.15) is 5.69 Å². The monoisotopic (exact) mass is 291 g/mol. The van der Waals surface area contributed by atoms with E-state index in [9.17, 15) is 4.79 Å². The fourth-order valence-electron chi connectivity index (χ4n) is 1.48. The van der Waals surface area contributed by atoms with Crippen LogP contribution in [-0.2, 0) is 4.79 Å². The van der Waals surface area contributed by atoms with E-state index < -0.39 is 0 Å². The second-order valence-electron chi connectivity index (χ2n) is 3.79. The molecule has 0 fully saturated rings. The van der Waals surface area contributed by atoms with Crippen molar-refractivity contribution in [3.63, 3.8) is 0 Å². The molecule has 102 valence electrons. The molecule has 3 N–H and O–H groups in total. The number of nitrogens with zero attached hydrogens (tertiary/aromatic N) is 1. The summed E-state index contributed by atoms with van der Waals surface area (Å²) in [7, 11) is 0. The molecule has 0 bridgehead atoms. The van der Waals surface area contributed by atoms with Crippen LogP contribution in [0, 0.1) is 0 Å². The fourth-order valence-corrected chi connectivity index (χ4v) is 1.75. The maximum Gasteiger partial charge on any atom is 0.238 e. The molecule has 0 unspecified atom stereocenters. The van der Waals surface area contributed by atoms with Gasteiger partial charge in [0.05, 0.1) is 10.7 Å². The van der Waals surface area contributed by atoms with Gasteiger partial charge in [-0.15, -0.1) is 12.4 Å². The number of amides is 1. The number of nitrogen functional groups attached to an aromatic ring is 1. The van der Waals surface area contributed by atoms with Crippen LogP contribution in [0.4, 0.5) is 11.4 Å². The van der Waals surface area contributed by atoms with Crippen molar-refractivity contribution in [1.82, 2.24) is 5.43 Å². The number of unbranched alkanes of at least 4 members (excludes halogenated alkanes) is 1. The lowest BCUT2D eigenvalue weighted by atomic mass is 10.2. The Hall–Kier alpha value is -0.970. The largest absolute Gasteiger partial charge is 0.397 e. The van der Waals surface area contributed by atoms with E-state index in [-0.39, 0.29) is 18.3 Å². The number of anilines is 2. The molecule has 18 heavy (non-hydrogen) atoms. The molecule has 0 radical (unpaired) electrons. The average Bonchev–Trinajstić information content (AvgIpc) is 2.26. The molecule has 0 aromatic heterocycles. The summed E-state index contributed by atoms with van der Waals surface area (Å²) in [4.78, 5) is 11.6. The number of hydrazine groups is 1. The van der Waals surface area contributed by atoms with Gasteiger partial charge in [-0.1, -0.05) is 31.0 Å². The molecule has 0 atom stereocenters. The fraction of sp³-hybridized carbons (Fsp3) is 0.417. The molecule has 0 saturated heterocycles. The predicted molar refractivity (Wildman–Crippen MR) is 79.2 cm³/mol. The van der Waals surface area contributed by atoms with Crippen LogP contribution in [-0.4, -0.2) is 12.5 Å². The highest BCUT2D eigenvalue weighted by Gasteiger charge is 2.16. The van der Waals surface area contributed by atoms with Gasteiger partial charge in [-0.25, -0.2) is 10.4 Å². The minimum Gasteiger partial charge on any atom is -0.397 e. The summed E-state index contributed by atoms with van der Waals surface area (Å²) in [6.45, 7) is 4.27. The zero-order valence-corrected chi connectivity index (χ0v) is 12.1. The van der Waals surface area contributed by atoms with E-state index in [2.05, 4.69) is 12.3 Å². The van der Waals surface area contributed by atoms with Gasteiger partial charge in [0.2, 0.25) is 5.91 Å². The van der Waals surface area contributed by atoms with E-state index in [1.54, 1.807) is 18.2 Å². The summed E-state index contributed by atoms with van der Waals surface area (Å²) in [5.74, 6) is -0.138. The molecule has 0 saturated carbocycles. The van der Waals surface area contributed by atoms with Crippen LogP contribution in [0.25, 0.3) is 0 Å². The average molecular weight is 292 g/mol. The lowest BCUT2D eigenvalue weighted by molar-refractivity contribution is -0.117. The van der Waals surface area contributed by atoms with E-state index in [1.807, 2.05) is 0 Å². The molecule has 4 nitrogen and oxygen atoms in total. The Morgan fingerprint density at radius 1 is 1.50 bits per heavy atom. The molecule has 0 aliphatic carbocycles. The van der Waals surface area contributed by atoms with Crippen molar-refractivity contribution < 1.29 is 4.79 Å². The highest BCUT2D eigenvalue weighted by molar-refractivity contribution is 6.34. The van der Waals surface area contributed by atoms with Crippen molar-refractivity contribution in [2.45, 2.75) is 26.7 Å². The summed E-state index contributed by atoms with van der Waals surface area (Å²) in [6, 6.07) is 5.19. The molecule has 0 aliphatic heterocycles. The van der Waals surface area contributed by atoms with Crippen molar-refractivity contribution in [2.24, 2.45) is 0 Å². The number of benzene rings is 1. The number of carbonyl (C=O) groups excluding carboxylic acids is 1. The third-order valence-corrected chi connectivity index (χ3v) is 2.66. The van der Waals surface area contributed by atoms with Crippen LogP contribution in [0.5, 0.6) is 0 Å². The zero-order chi connectivity index (χ0) is 12.8. The third kappa shape index (κ3) is 4.37. The van der Waals surface area contributed by atoms with Gasteiger partial charge >= 0.3 is 0 Å². The smallest absolute Gasteiger partial charge is 0.238 e. The number of nitrogens with one attached hydrogen (secondary N) is 1. The number of nitrogens with two attached hydrogens (primary N) is 1. The molecule has 1 aromatic carbocycles. The minimum absolute atomic E-state index is 0. The summed E-state index contributed by atoms with van der Waals surface area (Å²) in [6.07, 6.45) is 2.03. The van der Waals surface area contributed by atoms with Gasteiger partial charge in [-0.2, -0.15) is 0 Å². The van der Waals surface area contributed by atoms with Crippen molar-refractivity contribution in [3.8, 4) is 0 Å². The second-order valence-corrected chi connectivity index (χ2v) is 4.20. The lowest BCUT2D eigenvalue weighted by Gasteiger charge is -2.24. The van der Waals surface area contributed by atoms with Gasteiger partial charge in [0, 0.05) is 13.5 Å². The first kappa shape index (κ1) is 17.0. The number of hydrogen-bond acceptors (Lipinski definition) is 3. The van der Waals surface area contributed by atoms with Crippen molar-refractivity contribution in [1.29, 1.82) is 0 Å². The number of hydrogen-bond donors (Lipinski definition) is 2. The van der Waals surface area contributed by atoms with Crippen LogP contribution in [0.1, 0.15) is 26.7 Å². The lowest BCUT2D eigenvalue weighted by Crippen LogP contribution is -2.42. The minimum atomic E-state index is -0.138. The Balaban J connectivity index is 0.00000289. The molecule has 1 amide bonds. The van der Waals surface area contributed by atoms with Crippen molar-refractivity contribution in [2.75, 3.05) is 17.3 Å². The zero-order valence-electron chi connectivity index (χ0n) is 10.6.